The first-order valence-corrected chi connectivity index (χ1v) is 24.0. The van der Waals surface area contributed by atoms with Gasteiger partial charge in [0, 0.05) is 39.2 Å². The Hall–Kier alpha value is -9.18. The second kappa shape index (κ2) is 17.2. The van der Waals surface area contributed by atoms with Gasteiger partial charge in [0.15, 0.2) is 5.58 Å². The van der Waals surface area contributed by atoms with Gasteiger partial charge in [-0.3, -0.25) is 0 Å². The molecule has 11 aromatic carbocycles. The summed E-state index contributed by atoms with van der Waals surface area (Å²) >= 11 is 0. The monoisotopic (exact) mass is 894 g/mol. The smallest absolute Gasteiger partial charge is 0.159 e. The zero-order chi connectivity index (χ0) is 46.4. The largest absolute Gasteiger partial charge is 0.454 e. The number of benzene rings is 11. The standard InChI is InChI=1S/C67H46N2O/c1-4-19-47(20-5-1)49-37-41-53(42-38-49)68(55-26-16-25-52(45-55)67(51-23-8-3-9-24-51)62-33-13-10-29-58(62)59-30-11-14-34-63(59)67)56-27-17-28-57(46-56)69(54-43-39-50(40-44-54)48-21-6-2-7-22-48)64-35-18-32-61-60-31-12-15-36-65(60)70-66(61)64/h1-46H. The lowest BCUT2D eigenvalue weighted by atomic mass is 9.67. The van der Waals surface area contributed by atoms with Crippen LogP contribution in [0.2, 0.25) is 0 Å². The maximum atomic E-state index is 6.77. The van der Waals surface area contributed by atoms with Crippen LogP contribution in [0.4, 0.5) is 34.1 Å². The molecular weight excluding hydrogens is 849 g/mol. The molecule has 13 rings (SSSR count). The molecule has 0 N–H and O–H groups in total. The number of para-hydroxylation sites is 2. The average Bonchev–Trinajstić information content (AvgIpc) is 3.97. The van der Waals surface area contributed by atoms with Gasteiger partial charge in [0.05, 0.1) is 11.1 Å². The molecule has 0 fully saturated rings. The first-order chi connectivity index (χ1) is 34.7. The van der Waals surface area contributed by atoms with Gasteiger partial charge in [-0.15, -0.1) is 0 Å². The zero-order valence-electron chi connectivity index (χ0n) is 38.4. The highest BCUT2D eigenvalue weighted by Crippen LogP contribution is 2.57. The van der Waals surface area contributed by atoms with Crippen molar-refractivity contribution >= 4 is 56.1 Å². The van der Waals surface area contributed by atoms with Gasteiger partial charge in [-0.1, -0.05) is 212 Å². The number of fused-ring (bicyclic) bond motifs is 6. The molecule has 1 aliphatic rings. The lowest BCUT2D eigenvalue weighted by Crippen LogP contribution is -2.28. The van der Waals surface area contributed by atoms with Crippen molar-refractivity contribution in [3.8, 4) is 33.4 Å². The molecule has 0 unspecified atom stereocenters. The topological polar surface area (TPSA) is 19.6 Å². The predicted octanol–water partition coefficient (Wildman–Crippen LogP) is 18.2. The Bertz CT molecular complexity index is 3780. The fourth-order valence-corrected chi connectivity index (χ4v) is 11.0. The van der Waals surface area contributed by atoms with Crippen LogP contribution >= 0.6 is 0 Å². The summed E-state index contributed by atoms with van der Waals surface area (Å²) in [6.07, 6.45) is 0. The highest BCUT2D eigenvalue weighted by Gasteiger charge is 2.46. The van der Waals surface area contributed by atoms with Crippen LogP contribution in [0.15, 0.2) is 283 Å². The van der Waals surface area contributed by atoms with Crippen LogP contribution in [0.25, 0.3) is 55.3 Å². The molecule has 1 aliphatic carbocycles. The van der Waals surface area contributed by atoms with Gasteiger partial charge in [-0.05, 0) is 122 Å². The van der Waals surface area contributed by atoms with Gasteiger partial charge in [-0.25, -0.2) is 0 Å². The van der Waals surface area contributed by atoms with E-state index in [0.29, 0.717) is 0 Å². The van der Waals surface area contributed by atoms with Crippen LogP contribution < -0.4 is 9.80 Å². The fraction of sp³-hybridized carbons (Fsp3) is 0.0149. The van der Waals surface area contributed by atoms with E-state index in [4.69, 9.17) is 4.42 Å². The van der Waals surface area contributed by atoms with Crippen LogP contribution in [-0.2, 0) is 5.41 Å². The Kier molecular flexibility index (Phi) is 10.1. The van der Waals surface area contributed by atoms with Crippen LogP contribution in [0.5, 0.6) is 0 Å². The molecule has 3 heteroatoms. The molecule has 0 spiro atoms. The summed E-state index contributed by atoms with van der Waals surface area (Å²) in [5, 5.41) is 2.17. The first-order valence-electron chi connectivity index (χ1n) is 24.0. The van der Waals surface area contributed by atoms with E-state index >= 15 is 0 Å². The van der Waals surface area contributed by atoms with Crippen LogP contribution in [-0.4, -0.2) is 0 Å². The van der Waals surface area contributed by atoms with E-state index in [2.05, 4.69) is 283 Å². The van der Waals surface area contributed by atoms with Gasteiger partial charge in [-0.2, -0.15) is 0 Å². The summed E-state index contributed by atoms with van der Waals surface area (Å²) in [6.45, 7) is 0. The van der Waals surface area contributed by atoms with Crippen molar-refractivity contribution < 1.29 is 4.42 Å². The van der Waals surface area contributed by atoms with Crippen molar-refractivity contribution in [3.63, 3.8) is 0 Å². The lowest BCUT2D eigenvalue weighted by molar-refractivity contribution is 0.669. The SMILES string of the molecule is c1ccc(-c2ccc(N(c3cccc(N(c4ccc(-c5ccccc5)cc4)c4cccc5c4oc4ccccc45)c3)c3cccc(C4(c5ccccc5)c5ccccc5-c5ccccc54)c3)cc2)cc1. The van der Waals surface area contributed by atoms with Crippen molar-refractivity contribution in [1.29, 1.82) is 0 Å². The van der Waals surface area contributed by atoms with Gasteiger partial charge in [0.25, 0.3) is 0 Å². The molecule has 3 nitrogen and oxygen atoms in total. The molecule has 0 aliphatic heterocycles. The maximum Gasteiger partial charge on any atom is 0.159 e. The highest BCUT2D eigenvalue weighted by atomic mass is 16.3. The minimum Gasteiger partial charge on any atom is -0.454 e. The minimum atomic E-state index is -0.552. The molecular formula is C67H46N2O. The average molecular weight is 895 g/mol. The lowest BCUT2D eigenvalue weighted by Gasteiger charge is -2.35. The number of anilines is 6. The van der Waals surface area contributed by atoms with E-state index in [9.17, 15) is 0 Å². The minimum absolute atomic E-state index is 0.552. The third kappa shape index (κ3) is 6.82. The number of hydrogen-bond acceptors (Lipinski definition) is 3. The van der Waals surface area contributed by atoms with Gasteiger partial charge in [0.1, 0.15) is 5.58 Å². The maximum absolute atomic E-state index is 6.77. The second-order valence-corrected chi connectivity index (χ2v) is 18.0. The second-order valence-electron chi connectivity index (χ2n) is 18.0. The van der Waals surface area contributed by atoms with Crippen molar-refractivity contribution in [2.45, 2.75) is 5.41 Å². The third-order valence-electron chi connectivity index (χ3n) is 14.1. The predicted molar refractivity (Wildman–Crippen MR) is 291 cm³/mol. The van der Waals surface area contributed by atoms with E-state index in [1.807, 2.05) is 6.07 Å². The number of nitrogens with zero attached hydrogens (tertiary/aromatic N) is 2. The Morgan fingerprint density at radius 3 is 1.36 bits per heavy atom. The number of furan rings is 1. The molecule has 0 bridgehead atoms. The molecule has 0 amide bonds. The van der Waals surface area contributed by atoms with E-state index in [-0.39, 0.29) is 0 Å². The molecule has 330 valence electrons. The molecule has 0 atom stereocenters. The highest BCUT2D eigenvalue weighted by molar-refractivity contribution is 6.10. The number of rotatable bonds is 10. The van der Waals surface area contributed by atoms with Crippen molar-refractivity contribution in [2.24, 2.45) is 0 Å². The summed E-state index contributed by atoms with van der Waals surface area (Å²) in [7, 11) is 0. The normalized spacial score (nSPS) is 12.4. The van der Waals surface area contributed by atoms with Crippen LogP contribution in [0.1, 0.15) is 22.3 Å². The summed E-state index contributed by atoms with van der Waals surface area (Å²) in [4.78, 5) is 4.75. The first kappa shape index (κ1) is 41.0. The Morgan fingerprint density at radius 2 is 0.729 bits per heavy atom. The van der Waals surface area contributed by atoms with Crippen molar-refractivity contribution in [1.82, 2.24) is 0 Å². The molecule has 70 heavy (non-hydrogen) atoms. The Balaban J connectivity index is 1.02. The van der Waals surface area contributed by atoms with E-state index in [0.717, 1.165) is 67.2 Å². The van der Waals surface area contributed by atoms with Crippen LogP contribution in [0, 0.1) is 0 Å². The number of hydrogen-bond donors (Lipinski definition) is 0. The summed E-state index contributed by atoms with van der Waals surface area (Å²) < 4.78 is 6.77. The summed E-state index contributed by atoms with van der Waals surface area (Å²) in [6, 6.07) is 101. The molecule has 1 aromatic heterocycles. The van der Waals surface area contributed by atoms with Crippen LogP contribution in [0.3, 0.4) is 0 Å². The van der Waals surface area contributed by atoms with Crippen molar-refractivity contribution in [2.75, 3.05) is 9.80 Å². The summed E-state index contributed by atoms with van der Waals surface area (Å²) in [5.74, 6) is 0. The molecule has 0 saturated heterocycles. The third-order valence-corrected chi connectivity index (χ3v) is 14.1. The Labute approximate surface area is 408 Å². The van der Waals surface area contributed by atoms with E-state index in [1.54, 1.807) is 0 Å². The van der Waals surface area contributed by atoms with Gasteiger partial charge >= 0.3 is 0 Å². The fourth-order valence-electron chi connectivity index (χ4n) is 11.0. The summed E-state index contributed by atoms with van der Waals surface area (Å²) in [5.41, 5.74) is 19.5. The van der Waals surface area contributed by atoms with Gasteiger partial charge in [0.2, 0.25) is 0 Å². The molecule has 12 aromatic rings. The zero-order valence-corrected chi connectivity index (χ0v) is 38.4. The van der Waals surface area contributed by atoms with E-state index < -0.39 is 5.41 Å². The molecule has 1 heterocycles. The van der Waals surface area contributed by atoms with E-state index in [1.165, 1.54) is 44.5 Å². The molecule has 0 saturated carbocycles. The van der Waals surface area contributed by atoms with Gasteiger partial charge < -0.3 is 14.2 Å². The molecule has 0 radical (unpaired) electrons. The quantitative estimate of drug-likeness (QED) is 0.136. The van der Waals surface area contributed by atoms with Crippen molar-refractivity contribution in [3.05, 3.63) is 301 Å². The Morgan fingerprint density at radius 1 is 0.286 bits per heavy atom.